The van der Waals surface area contributed by atoms with Crippen LogP contribution in [0.3, 0.4) is 0 Å². The van der Waals surface area contributed by atoms with Gasteiger partial charge in [-0.3, -0.25) is 4.79 Å². The highest BCUT2D eigenvalue weighted by Crippen LogP contribution is 2.42. The second kappa shape index (κ2) is 8.73. The average molecular weight is 426 g/mol. The molecule has 1 saturated heterocycles. The van der Waals surface area contributed by atoms with Gasteiger partial charge in [-0.25, -0.2) is 9.97 Å². The molecule has 2 aromatic rings. The molecule has 1 aromatic heterocycles. The summed E-state index contributed by atoms with van der Waals surface area (Å²) < 4.78 is 16.4. The second-order valence-corrected chi connectivity index (χ2v) is 8.87. The molecular weight excluding hydrogens is 394 g/mol. The van der Waals surface area contributed by atoms with Crippen LogP contribution in [0.4, 0.5) is 5.95 Å². The van der Waals surface area contributed by atoms with Gasteiger partial charge in [0.2, 0.25) is 11.7 Å². The van der Waals surface area contributed by atoms with E-state index < -0.39 is 0 Å². The molecule has 7 nitrogen and oxygen atoms in total. The van der Waals surface area contributed by atoms with E-state index in [2.05, 4.69) is 23.7 Å². The van der Waals surface area contributed by atoms with Crippen LogP contribution in [-0.4, -0.2) is 50.2 Å². The highest BCUT2D eigenvalue weighted by Gasteiger charge is 2.31. The van der Waals surface area contributed by atoms with E-state index in [1.54, 1.807) is 27.5 Å². The lowest BCUT2D eigenvalue weighted by Gasteiger charge is -2.35. The number of fused-ring (bicyclic) bond motifs is 1. The predicted octanol–water partition coefficient (Wildman–Crippen LogP) is 3.90. The molecule has 0 amide bonds. The monoisotopic (exact) mass is 425 g/mol. The Kier molecular flexibility index (Phi) is 6.03. The Morgan fingerprint density at radius 1 is 0.968 bits per heavy atom. The summed E-state index contributed by atoms with van der Waals surface area (Å²) in [5.74, 6) is 3.76. The van der Waals surface area contributed by atoms with Crippen molar-refractivity contribution in [2.24, 2.45) is 11.8 Å². The number of methoxy groups -OCH3 is 3. The van der Waals surface area contributed by atoms with Crippen LogP contribution in [0, 0.1) is 11.8 Å². The molecule has 0 radical (unpaired) electrons. The van der Waals surface area contributed by atoms with Crippen molar-refractivity contribution in [3.8, 4) is 17.2 Å². The number of benzene rings is 1. The standard InChI is InChI=1S/C24H31N3O4/c1-14-6-15(2)13-27(12-14)24-25-11-18-19(26-24)7-16(8-20(18)28)17-9-21(29-3)23(31-5)22(10-17)30-4/h9-11,14-16H,6-8,12-13H2,1-5H3/t14-,15+,16-/m0/s1. The number of Topliss-reactive ketones (excluding diaryl/α,β-unsaturated/α-hetero) is 1. The zero-order valence-electron chi connectivity index (χ0n) is 19.0. The third-order valence-corrected chi connectivity index (χ3v) is 6.34. The third-order valence-electron chi connectivity index (χ3n) is 6.34. The van der Waals surface area contributed by atoms with Gasteiger partial charge in [0.25, 0.3) is 0 Å². The highest BCUT2D eigenvalue weighted by molar-refractivity contribution is 5.98. The molecule has 3 atom stereocenters. The highest BCUT2D eigenvalue weighted by atomic mass is 16.5. The molecule has 1 aliphatic carbocycles. The summed E-state index contributed by atoms with van der Waals surface area (Å²) in [5, 5.41) is 0. The Bertz CT molecular complexity index is 942. The van der Waals surface area contributed by atoms with Gasteiger partial charge in [-0.05, 0) is 48.3 Å². The summed E-state index contributed by atoms with van der Waals surface area (Å²) >= 11 is 0. The SMILES string of the molecule is COc1cc([C@@H]2CC(=O)c3cnc(N4C[C@H](C)C[C@H](C)C4)nc3C2)cc(OC)c1OC. The zero-order chi connectivity index (χ0) is 22.1. The molecule has 4 rings (SSSR count). The molecular formula is C24H31N3O4. The number of piperidine rings is 1. The van der Waals surface area contributed by atoms with Gasteiger partial charge in [0.1, 0.15) is 0 Å². The van der Waals surface area contributed by atoms with E-state index >= 15 is 0 Å². The Morgan fingerprint density at radius 3 is 2.19 bits per heavy atom. The van der Waals surface area contributed by atoms with E-state index in [9.17, 15) is 4.79 Å². The van der Waals surface area contributed by atoms with Gasteiger partial charge in [0.15, 0.2) is 17.3 Å². The van der Waals surface area contributed by atoms with Gasteiger partial charge in [0, 0.05) is 25.7 Å². The Hall–Kier alpha value is -2.83. The fourth-order valence-corrected chi connectivity index (χ4v) is 4.99. The number of carbonyl (C=O) groups excluding carboxylic acids is 1. The van der Waals surface area contributed by atoms with Crippen LogP contribution >= 0.6 is 0 Å². The van der Waals surface area contributed by atoms with E-state index in [-0.39, 0.29) is 11.7 Å². The molecule has 2 aliphatic rings. The fourth-order valence-electron chi connectivity index (χ4n) is 4.99. The number of hydrogen-bond donors (Lipinski definition) is 0. The number of aromatic nitrogens is 2. The third kappa shape index (κ3) is 4.18. The summed E-state index contributed by atoms with van der Waals surface area (Å²) in [5.41, 5.74) is 2.45. The van der Waals surface area contributed by atoms with Crippen molar-refractivity contribution >= 4 is 11.7 Å². The summed E-state index contributed by atoms with van der Waals surface area (Å²) in [6.45, 7) is 6.44. The Balaban J connectivity index is 1.65. The van der Waals surface area contributed by atoms with Crippen molar-refractivity contribution in [1.82, 2.24) is 9.97 Å². The minimum atomic E-state index is -0.00402. The number of anilines is 1. The topological polar surface area (TPSA) is 73.8 Å². The molecule has 0 bridgehead atoms. The van der Waals surface area contributed by atoms with Gasteiger partial charge in [-0.1, -0.05) is 13.8 Å². The van der Waals surface area contributed by atoms with Crippen molar-refractivity contribution in [3.05, 3.63) is 35.2 Å². The molecule has 1 aromatic carbocycles. The first-order chi connectivity index (χ1) is 14.9. The molecule has 166 valence electrons. The van der Waals surface area contributed by atoms with Crippen LogP contribution in [0.1, 0.15) is 54.2 Å². The Morgan fingerprint density at radius 2 is 1.61 bits per heavy atom. The number of hydrogen-bond acceptors (Lipinski definition) is 7. The summed E-state index contributed by atoms with van der Waals surface area (Å²) in [6.07, 6.45) is 4.03. The molecule has 0 N–H and O–H groups in total. The van der Waals surface area contributed by atoms with E-state index in [4.69, 9.17) is 19.2 Å². The smallest absolute Gasteiger partial charge is 0.225 e. The number of rotatable bonds is 5. The zero-order valence-corrected chi connectivity index (χ0v) is 19.0. The van der Waals surface area contributed by atoms with Crippen molar-refractivity contribution < 1.29 is 19.0 Å². The van der Waals surface area contributed by atoms with Crippen molar-refractivity contribution in [3.63, 3.8) is 0 Å². The van der Waals surface area contributed by atoms with Crippen LogP contribution in [-0.2, 0) is 6.42 Å². The maximum Gasteiger partial charge on any atom is 0.225 e. The first-order valence-electron chi connectivity index (χ1n) is 10.9. The number of carbonyl (C=O) groups is 1. The molecule has 0 saturated carbocycles. The van der Waals surface area contributed by atoms with Crippen molar-refractivity contribution in [2.75, 3.05) is 39.3 Å². The molecule has 7 heteroatoms. The lowest BCUT2D eigenvalue weighted by Crippen LogP contribution is -2.40. The minimum absolute atomic E-state index is 0.00402. The minimum Gasteiger partial charge on any atom is -0.493 e. The second-order valence-electron chi connectivity index (χ2n) is 8.87. The van der Waals surface area contributed by atoms with Crippen LogP contribution < -0.4 is 19.1 Å². The molecule has 0 unspecified atom stereocenters. The maximum atomic E-state index is 12.9. The fraction of sp³-hybridized carbons (Fsp3) is 0.542. The number of nitrogens with zero attached hydrogens (tertiary/aromatic N) is 3. The van der Waals surface area contributed by atoms with Crippen LogP contribution in [0.25, 0.3) is 0 Å². The van der Waals surface area contributed by atoms with Crippen LogP contribution in [0.15, 0.2) is 18.3 Å². The maximum absolute atomic E-state index is 12.9. The number of ketones is 1. The lowest BCUT2D eigenvalue weighted by atomic mass is 9.82. The molecule has 2 heterocycles. The summed E-state index contributed by atoms with van der Waals surface area (Å²) in [6, 6.07) is 3.86. The number of ether oxygens (including phenoxy) is 3. The van der Waals surface area contributed by atoms with Gasteiger partial charge in [-0.2, -0.15) is 0 Å². The molecule has 1 aliphatic heterocycles. The largest absolute Gasteiger partial charge is 0.493 e. The predicted molar refractivity (Wildman–Crippen MR) is 119 cm³/mol. The van der Waals surface area contributed by atoms with Gasteiger partial charge < -0.3 is 19.1 Å². The van der Waals surface area contributed by atoms with Crippen LogP contribution in [0.5, 0.6) is 17.2 Å². The van der Waals surface area contributed by atoms with Crippen molar-refractivity contribution in [2.45, 2.75) is 39.0 Å². The lowest BCUT2D eigenvalue weighted by molar-refractivity contribution is 0.0962. The van der Waals surface area contributed by atoms with Gasteiger partial charge in [-0.15, -0.1) is 0 Å². The molecule has 0 spiro atoms. The van der Waals surface area contributed by atoms with E-state index in [1.807, 2.05) is 12.1 Å². The van der Waals surface area contributed by atoms with Crippen molar-refractivity contribution in [1.29, 1.82) is 0 Å². The Labute approximate surface area is 183 Å². The normalized spacial score (nSPS) is 23.3. The first-order valence-corrected chi connectivity index (χ1v) is 10.9. The van der Waals surface area contributed by atoms with Gasteiger partial charge >= 0.3 is 0 Å². The summed E-state index contributed by atoms with van der Waals surface area (Å²) in [4.78, 5) is 24.6. The molecule has 31 heavy (non-hydrogen) atoms. The van der Waals surface area contributed by atoms with Gasteiger partial charge in [0.05, 0.1) is 32.6 Å². The van der Waals surface area contributed by atoms with E-state index in [1.165, 1.54) is 6.42 Å². The molecule has 1 fully saturated rings. The van der Waals surface area contributed by atoms with E-state index in [0.29, 0.717) is 47.5 Å². The first kappa shape index (κ1) is 21.4. The average Bonchev–Trinajstić information content (AvgIpc) is 2.76. The summed E-state index contributed by atoms with van der Waals surface area (Å²) in [7, 11) is 4.78. The van der Waals surface area contributed by atoms with Crippen LogP contribution in [0.2, 0.25) is 0 Å². The quantitative estimate of drug-likeness (QED) is 0.719. The van der Waals surface area contributed by atoms with E-state index in [0.717, 1.165) is 30.3 Å².